The van der Waals surface area contributed by atoms with Gasteiger partial charge in [0.25, 0.3) is 5.95 Å². The summed E-state index contributed by atoms with van der Waals surface area (Å²) in [5.74, 6) is -0.642. The highest BCUT2D eigenvalue weighted by atomic mass is 19.4. The van der Waals surface area contributed by atoms with Crippen LogP contribution in [0.15, 0.2) is 42.5 Å². The molecule has 0 spiro atoms. The number of para-hydroxylation sites is 1. The lowest BCUT2D eigenvalue weighted by Gasteiger charge is -2.18. The van der Waals surface area contributed by atoms with Crippen molar-refractivity contribution in [3.63, 3.8) is 0 Å². The zero-order valence-electron chi connectivity index (χ0n) is 13.6. The molecule has 0 bridgehead atoms. The van der Waals surface area contributed by atoms with Crippen molar-refractivity contribution in [2.45, 2.75) is 13.1 Å². The van der Waals surface area contributed by atoms with Gasteiger partial charge >= 0.3 is 12.3 Å². The zero-order valence-corrected chi connectivity index (χ0v) is 13.6. The molecule has 0 aliphatic heterocycles. The number of carboxylic acid groups (broad SMARTS) is 1. The average molecular weight is 380 g/mol. The van der Waals surface area contributed by atoms with Crippen LogP contribution in [-0.2, 0) is 6.18 Å². The average Bonchev–Trinajstić information content (AvgIpc) is 2.94. The van der Waals surface area contributed by atoms with E-state index in [4.69, 9.17) is 0 Å². The summed E-state index contributed by atoms with van der Waals surface area (Å²) < 4.78 is 39.3. The second-order valence-electron chi connectivity index (χ2n) is 5.57. The van der Waals surface area contributed by atoms with E-state index in [-0.39, 0.29) is 11.0 Å². The number of amides is 1. The number of aryl methyl sites for hydroxylation is 1. The maximum Gasteiger partial charge on any atom is 0.419 e. The molecule has 1 aromatic heterocycles. The van der Waals surface area contributed by atoms with Gasteiger partial charge in [0, 0.05) is 0 Å². The number of imidazole rings is 1. The number of anilines is 2. The number of nitrogens with zero attached hydrogens (tertiary/aromatic N) is 4. The molecule has 0 fully saturated rings. The molecule has 0 saturated heterocycles. The Kier molecular flexibility index (Phi) is 4.22. The molecule has 1 heterocycles. The van der Waals surface area contributed by atoms with Crippen LogP contribution in [0.4, 0.5) is 29.6 Å². The Morgan fingerprint density at radius 2 is 1.93 bits per heavy atom. The summed E-state index contributed by atoms with van der Waals surface area (Å²) in [4.78, 5) is 27.6. The van der Waals surface area contributed by atoms with Gasteiger partial charge in [0.05, 0.1) is 11.3 Å². The van der Waals surface area contributed by atoms with Gasteiger partial charge in [-0.1, -0.05) is 18.2 Å². The van der Waals surface area contributed by atoms with E-state index in [0.717, 1.165) is 18.2 Å². The van der Waals surface area contributed by atoms with Crippen LogP contribution in [0.2, 0.25) is 0 Å². The van der Waals surface area contributed by atoms with Gasteiger partial charge in [-0.05, 0) is 41.4 Å². The van der Waals surface area contributed by atoms with Crippen molar-refractivity contribution in [1.82, 2.24) is 9.66 Å². The van der Waals surface area contributed by atoms with E-state index >= 15 is 0 Å². The Labute approximate surface area is 149 Å². The van der Waals surface area contributed by atoms with Crippen LogP contribution in [0, 0.1) is 17.0 Å². The van der Waals surface area contributed by atoms with Gasteiger partial charge in [-0.25, -0.2) is 24.8 Å². The summed E-state index contributed by atoms with van der Waals surface area (Å²) in [6.07, 6.45) is -6.43. The van der Waals surface area contributed by atoms with Crippen LogP contribution in [0.1, 0.15) is 11.1 Å². The summed E-state index contributed by atoms with van der Waals surface area (Å²) in [5.41, 5.74) is -0.779. The molecule has 0 radical (unpaired) electrons. The number of hydrogen-bond donors (Lipinski definition) is 1. The van der Waals surface area contributed by atoms with E-state index in [1.165, 1.54) is 12.1 Å². The van der Waals surface area contributed by atoms with Crippen molar-refractivity contribution in [2.75, 3.05) is 4.90 Å². The predicted molar refractivity (Wildman–Crippen MR) is 88.5 cm³/mol. The van der Waals surface area contributed by atoms with E-state index in [0.29, 0.717) is 21.2 Å². The van der Waals surface area contributed by atoms with Gasteiger partial charge in [0.1, 0.15) is 11.0 Å². The van der Waals surface area contributed by atoms with E-state index in [9.17, 15) is 33.2 Å². The maximum absolute atomic E-state index is 13.0. The number of rotatable bonds is 3. The van der Waals surface area contributed by atoms with Gasteiger partial charge in [0.2, 0.25) is 0 Å². The first kappa shape index (κ1) is 18.2. The van der Waals surface area contributed by atoms with Gasteiger partial charge in [0.15, 0.2) is 5.03 Å². The molecule has 2 aromatic carbocycles. The number of alkyl halides is 3. The lowest BCUT2D eigenvalue weighted by molar-refractivity contribution is -0.535. The number of hydrogen-bond acceptors (Lipinski definition) is 4. The lowest BCUT2D eigenvalue weighted by atomic mass is 10.2. The van der Waals surface area contributed by atoms with E-state index in [1.807, 2.05) is 0 Å². The fraction of sp³-hybridized carbons (Fsp3) is 0.125. The second-order valence-corrected chi connectivity index (χ2v) is 5.57. The maximum atomic E-state index is 13.0. The molecular formula is C16H11F3N4O4. The lowest BCUT2D eigenvalue weighted by Crippen LogP contribution is -2.29. The Hall–Kier alpha value is -3.63. The van der Waals surface area contributed by atoms with Crippen molar-refractivity contribution in [3.05, 3.63) is 63.7 Å². The number of nitro groups is 1. The summed E-state index contributed by atoms with van der Waals surface area (Å²) in [5, 5.41) is 20.2. The van der Waals surface area contributed by atoms with Crippen LogP contribution < -0.4 is 4.90 Å². The van der Waals surface area contributed by atoms with Gasteiger partial charge in [-0.3, -0.25) is 0 Å². The Bertz CT molecular complexity index is 1060. The fourth-order valence-corrected chi connectivity index (χ4v) is 2.65. The summed E-state index contributed by atoms with van der Waals surface area (Å²) in [7, 11) is 0. The number of aromatic nitrogens is 2. The Morgan fingerprint density at radius 3 is 2.52 bits per heavy atom. The molecule has 3 aromatic rings. The van der Waals surface area contributed by atoms with Crippen molar-refractivity contribution >= 4 is 28.8 Å². The normalized spacial score (nSPS) is 11.6. The van der Waals surface area contributed by atoms with Crippen LogP contribution in [0.3, 0.4) is 0 Å². The minimum Gasteiger partial charge on any atom is -0.464 e. The minimum atomic E-state index is -4.71. The standard InChI is InChI=1S/C16H11F3N4O4/c1-9-4-2-7-12-13(9)20-14(22(12)23(26)27)21(15(24)25)11-6-3-5-10(8-11)16(17,18)19/h2-8H,1H3,(H,24,25). The number of benzene rings is 2. The zero-order chi connectivity index (χ0) is 19.9. The molecule has 0 aliphatic carbocycles. The third-order valence-corrected chi connectivity index (χ3v) is 3.83. The third kappa shape index (κ3) is 3.14. The first-order valence-corrected chi connectivity index (χ1v) is 7.44. The van der Waals surface area contributed by atoms with Crippen molar-refractivity contribution in [1.29, 1.82) is 0 Å². The van der Waals surface area contributed by atoms with Gasteiger partial charge in [-0.15, -0.1) is 0 Å². The molecule has 1 N–H and O–H groups in total. The molecular weight excluding hydrogens is 369 g/mol. The topological polar surface area (TPSA) is 102 Å². The van der Waals surface area contributed by atoms with Crippen molar-refractivity contribution < 1.29 is 28.1 Å². The highest BCUT2D eigenvalue weighted by Crippen LogP contribution is 2.35. The first-order chi connectivity index (χ1) is 12.6. The number of halogens is 3. The monoisotopic (exact) mass is 380 g/mol. The quantitative estimate of drug-likeness (QED) is 0.541. The van der Waals surface area contributed by atoms with Crippen LogP contribution in [0.5, 0.6) is 0 Å². The Balaban J connectivity index is 2.29. The molecule has 0 aliphatic rings. The van der Waals surface area contributed by atoms with Crippen LogP contribution >= 0.6 is 0 Å². The molecule has 3 rings (SSSR count). The molecule has 0 atom stereocenters. The van der Waals surface area contributed by atoms with Gasteiger partial charge in [-0.2, -0.15) is 13.2 Å². The molecule has 8 nitrogen and oxygen atoms in total. The first-order valence-electron chi connectivity index (χ1n) is 7.44. The van der Waals surface area contributed by atoms with E-state index in [1.54, 1.807) is 13.0 Å². The van der Waals surface area contributed by atoms with Crippen LogP contribution in [0.25, 0.3) is 11.0 Å². The van der Waals surface area contributed by atoms with Crippen molar-refractivity contribution in [3.8, 4) is 0 Å². The molecule has 27 heavy (non-hydrogen) atoms. The third-order valence-electron chi connectivity index (χ3n) is 3.83. The number of carbonyl (C=O) groups is 1. The number of fused-ring (bicyclic) bond motifs is 1. The highest BCUT2D eigenvalue weighted by Gasteiger charge is 2.34. The SMILES string of the molecule is Cc1cccc2c1nc(N(C(=O)O)c1cccc(C(F)(F)F)c1)n2[N+](=O)[O-]. The predicted octanol–water partition coefficient (Wildman–Crippen LogP) is 4.22. The smallest absolute Gasteiger partial charge is 0.419 e. The highest BCUT2D eigenvalue weighted by molar-refractivity contribution is 5.95. The van der Waals surface area contributed by atoms with Crippen molar-refractivity contribution in [2.24, 2.45) is 0 Å². The molecule has 140 valence electrons. The van der Waals surface area contributed by atoms with E-state index < -0.39 is 34.5 Å². The molecule has 1 amide bonds. The Morgan fingerprint density at radius 1 is 1.26 bits per heavy atom. The van der Waals surface area contributed by atoms with E-state index in [2.05, 4.69) is 4.98 Å². The summed E-state index contributed by atoms with van der Waals surface area (Å²) in [6, 6.07) is 7.98. The largest absolute Gasteiger partial charge is 0.464 e. The van der Waals surface area contributed by atoms with Crippen LogP contribution in [-0.4, -0.2) is 25.9 Å². The molecule has 0 unspecified atom stereocenters. The second kappa shape index (κ2) is 6.27. The molecule has 0 saturated carbocycles. The summed E-state index contributed by atoms with van der Waals surface area (Å²) >= 11 is 0. The minimum absolute atomic E-state index is 0.0215. The van der Waals surface area contributed by atoms with Gasteiger partial charge < -0.3 is 5.11 Å². The fourth-order valence-electron chi connectivity index (χ4n) is 2.65. The summed E-state index contributed by atoms with van der Waals surface area (Å²) in [6.45, 7) is 1.62. The molecule has 11 heteroatoms.